The lowest BCUT2D eigenvalue weighted by Gasteiger charge is -2.11. The third kappa shape index (κ3) is 2.76. The van der Waals surface area contributed by atoms with Crippen LogP contribution in [0.4, 0.5) is 11.6 Å². The number of hydrogen-bond donors (Lipinski definition) is 2. The van der Waals surface area contributed by atoms with Crippen LogP contribution in [0.2, 0.25) is 0 Å². The molecule has 2 rings (SSSR count). The van der Waals surface area contributed by atoms with E-state index in [1.165, 1.54) is 0 Å². The first kappa shape index (κ1) is 12.8. The molecule has 0 saturated carbocycles. The van der Waals surface area contributed by atoms with Gasteiger partial charge >= 0.3 is 0 Å². The summed E-state index contributed by atoms with van der Waals surface area (Å²) in [4.78, 5) is 0. The summed E-state index contributed by atoms with van der Waals surface area (Å²) < 4.78 is 1.93. The minimum Gasteiger partial charge on any atom is -0.399 e. The lowest BCUT2D eigenvalue weighted by atomic mass is 10.2. The van der Waals surface area contributed by atoms with E-state index in [4.69, 9.17) is 11.5 Å². The Kier molecular flexibility index (Phi) is 3.76. The summed E-state index contributed by atoms with van der Waals surface area (Å²) in [6.07, 6.45) is 0. The molecular formula is C12H17N5S. The largest absolute Gasteiger partial charge is 0.399 e. The van der Waals surface area contributed by atoms with Crippen LogP contribution < -0.4 is 11.5 Å². The Morgan fingerprint density at radius 1 is 1.28 bits per heavy atom. The highest BCUT2D eigenvalue weighted by atomic mass is 32.2. The van der Waals surface area contributed by atoms with E-state index in [-0.39, 0.29) is 6.04 Å². The molecule has 6 heteroatoms. The maximum atomic E-state index is 5.79. The summed E-state index contributed by atoms with van der Waals surface area (Å²) in [5.41, 5.74) is 13.5. The van der Waals surface area contributed by atoms with E-state index in [1.54, 1.807) is 11.8 Å². The van der Waals surface area contributed by atoms with Crippen molar-refractivity contribution in [2.75, 3.05) is 11.5 Å². The maximum absolute atomic E-state index is 5.79. The molecular weight excluding hydrogens is 246 g/mol. The van der Waals surface area contributed by atoms with Gasteiger partial charge < -0.3 is 11.5 Å². The number of rotatable bonds is 4. The van der Waals surface area contributed by atoms with Gasteiger partial charge in [-0.15, -0.1) is 10.2 Å². The summed E-state index contributed by atoms with van der Waals surface area (Å²) >= 11 is 1.61. The molecule has 0 aliphatic rings. The van der Waals surface area contributed by atoms with Crippen molar-refractivity contribution < 1.29 is 0 Å². The third-order valence-corrected chi connectivity index (χ3v) is 3.54. The molecule has 1 heterocycles. The summed E-state index contributed by atoms with van der Waals surface area (Å²) in [7, 11) is 0. The molecule has 96 valence electrons. The fraction of sp³-hybridized carbons (Fsp3) is 0.333. The number of aromatic nitrogens is 3. The normalized spacial score (nSPS) is 11.1. The van der Waals surface area contributed by atoms with Crippen molar-refractivity contribution in [3.63, 3.8) is 0 Å². The molecule has 0 radical (unpaired) electrons. The van der Waals surface area contributed by atoms with Gasteiger partial charge in [0, 0.05) is 17.5 Å². The van der Waals surface area contributed by atoms with Gasteiger partial charge in [0.1, 0.15) is 0 Å². The molecule has 0 spiro atoms. The second-order valence-corrected chi connectivity index (χ2v) is 5.28. The van der Waals surface area contributed by atoms with E-state index < -0.39 is 0 Å². The van der Waals surface area contributed by atoms with Gasteiger partial charge in [0.15, 0.2) is 5.16 Å². The van der Waals surface area contributed by atoms with Crippen molar-refractivity contribution in [2.45, 2.75) is 30.8 Å². The number of nitrogen functional groups attached to an aromatic ring is 2. The Morgan fingerprint density at radius 3 is 2.72 bits per heavy atom. The Hall–Kier alpha value is -1.69. The molecule has 0 saturated heterocycles. The molecule has 0 aliphatic carbocycles. The predicted molar refractivity (Wildman–Crippen MR) is 75.2 cm³/mol. The van der Waals surface area contributed by atoms with Gasteiger partial charge in [0.2, 0.25) is 5.95 Å². The van der Waals surface area contributed by atoms with Crippen molar-refractivity contribution in [3.8, 4) is 0 Å². The van der Waals surface area contributed by atoms with Gasteiger partial charge in [0.25, 0.3) is 0 Å². The first-order valence-corrected chi connectivity index (χ1v) is 6.74. The first-order valence-electron chi connectivity index (χ1n) is 5.75. The number of thioether (sulfide) groups is 1. The molecule has 1 aromatic heterocycles. The average molecular weight is 263 g/mol. The van der Waals surface area contributed by atoms with E-state index in [2.05, 4.69) is 24.0 Å². The lowest BCUT2D eigenvalue weighted by molar-refractivity contribution is 0.557. The Bertz CT molecular complexity index is 535. The zero-order valence-electron chi connectivity index (χ0n) is 10.5. The van der Waals surface area contributed by atoms with E-state index in [0.29, 0.717) is 5.95 Å². The van der Waals surface area contributed by atoms with Crippen LogP contribution in [0.25, 0.3) is 0 Å². The molecule has 0 bridgehead atoms. The average Bonchev–Trinajstić information content (AvgIpc) is 2.68. The van der Waals surface area contributed by atoms with Crippen LogP contribution in [-0.2, 0) is 5.75 Å². The van der Waals surface area contributed by atoms with Crippen LogP contribution in [0.5, 0.6) is 0 Å². The van der Waals surface area contributed by atoms with Crippen LogP contribution in [-0.4, -0.2) is 14.8 Å². The van der Waals surface area contributed by atoms with E-state index in [9.17, 15) is 0 Å². The monoisotopic (exact) mass is 263 g/mol. The van der Waals surface area contributed by atoms with Crippen LogP contribution >= 0.6 is 11.8 Å². The second kappa shape index (κ2) is 5.30. The molecule has 0 unspecified atom stereocenters. The van der Waals surface area contributed by atoms with Crippen LogP contribution in [0.15, 0.2) is 29.4 Å². The fourth-order valence-electron chi connectivity index (χ4n) is 1.70. The van der Waals surface area contributed by atoms with Gasteiger partial charge in [-0.2, -0.15) is 0 Å². The van der Waals surface area contributed by atoms with E-state index >= 15 is 0 Å². The third-order valence-electron chi connectivity index (χ3n) is 2.53. The molecule has 0 fully saturated rings. The van der Waals surface area contributed by atoms with E-state index in [1.807, 2.05) is 28.8 Å². The first-order chi connectivity index (χ1) is 8.58. The molecule has 5 nitrogen and oxygen atoms in total. The highest BCUT2D eigenvalue weighted by Gasteiger charge is 2.12. The Balaban J connectivity index is 2.11. The maximum Gasteiger partial charge on any atom is 0.222 e. The number of benzene rings is 1. The highest BCUT2D eigenvalue weighted by molar-refractivity contribution is 7.98. The minimum atomic E-state index is 0.253. The number of nitrogens with two attached hydrogens (primary N) is 2. The van der Waals surface area contributed by atoms with Gasteiger partial charge in [-0.1, -0.05) is 23.9 Å². The number of hydrogen-bond acceptors (Lipinski definition) is 5. The second-order valence-electron chi connectivity index (χ2n) is 4.34. The van der Waals surface area contributed by atoms with Crippen LogP contribution in [0.3, 0.4) is 0 Å². The molecule has 2 aromatic rings. The lowest BCUT2D eigenvalue weighted by Crippen LogP contribution is -2.07. The Morgan fingerprint density at radius 2 is 2.06 bits per heavy atom. The molecule has 0 aliphatic heterocycles. The summed E-state index contributed by atoms with van der Waals surface area (Å²) in [5.74, 6) is 1.26. The van der Waals surface area contributed by atoms with Gasteiger partial charge in [-0.05, 0) is 31.5 Å². The van der Waals surface area contributed by atoms with Crippen LogP contribution in [0, 0.1) is 0 Å². The SMILES string of the molecule is CC(C)n1c(N)nnc1SCc1cccc(N)c1. The number of anilines is 2. The molecule has 1 aromatic carbocycles. The summed E-state index contributed by atoms with van der Waals surface area (Å²) in [6, 6.07) is 8.09. The van der Waals surface area contributed by atoms with Crippen molar-refractivity contribution in [1.82, 2.24) is 14.8 Å². The molecule has 0 atom stereocenters. The Labute approximate surface area is 111 Å². The smallest absolute Gasteiger partial charge is 0.222 e. The molecule has 0 amide bonds. The standard InChI is InChI=1S/C12H17N5S/c1-8(2)17-11(14)15-16-12(17)18-7-9-4-3-5-10(13)6-9/h3-6,8H,7,13H2,1-2H3,(H2,14,15). The molecule has 4 N–H and O–H groups in total. The summed E-state index contributed by atoms with van der Waals surface area (Å²) in [5, 5.41) is 8.84. The highest BCUT2D eigenvalue weighted by Crippen LogP contribution is 2.26. The van der Waals surface area contributed by atoms with Crippen molar-refractivity contribution in [3.05, 3.63) is 29.8 Å². The van der Waals surface area contributed by atoms with Crippen LogP contribution in [0.1, 0.15) is 25.5 Å². The van der Waals surface area contributed by atoms with Gasteiger partial charge in [-0.3, -0.25) is 4.57 Å². The zero-order valence-corrected chi connectivity index (χ0v) is 11.3. The molecule has 18 heavy (non-hydrogen) atoms. The quantitative estimate of drug-likeness (QED) is 0.653. The van der Waals surface area contributed by atoms with Crippen molar-refractivity contribution in [2.24, 2.45) is 0 Å². The van der Waals surface area contributed by atoms with Gasteiger partial charge in [0.05, 0.1) is 0 Å². The topological polar surface area (TPSA) is 82.8 Å². The zero-order chi connectivity index (χ0) is 13.1. The van der Waals surface area contributed by atoms with Crippen molar-refractivity contribution >= 4 is 23.4 Å². The fourth-order valence-corrected chi connectivity index (χ4v) is 2.72. The van der Waals surface area contributed by atoms with Crippen molar-refractivity contribution in [1.29, 1.82) is 0 Å². The van der Waals surface area contributed by atoms with Gasteiger partial charge in [-0.25, -0.2) is 0 Å². The summed E-state index contributed by atoms with van der Waals surface area (Å²) in [6.45, 7) is 4.12. The van der Waals surface area contributed by atoms with E-state index in [0.717, 1.165) is 22.2 Å². The minimum absolute atomic E-state index is 0.253. The predicted octanol–water partition coefficient (Wildman–Crippen LogP) is 2.32. The number of nitrogens with zero attached hydrogens (tertiary/aromatic N) is 3.